The van der Waals surface area contributed by atoms with Crippen LogP contribution in [0.2, 0.25) is 10.0 Å². The Morgan fingerprint density at radius 3 is 2.35 bits per heavy atom. The monoisotopic (exact) mass is 396 g/mol. The third-order valence-electron chi connectivity index (χ3n) is 4.39. The zero-order valence-electron chi connectivity index (χ0n) is 13.9. The molecule has 2 heterocycles. The zero-order valence-corrected chi connectivity index (χ0v) is 15.4. The number of aromatic nitrogens is 2. The second-order valence-electron chi connectivity index (χ2n) is 6.04. The molecule has 7 nitrogen and oxygen atoms in total. The molecule has 2 aromatic rings. The summed E-state index contributed by atoms with van der Waals surface area (Å²) in [5.74, 6) is -1.25. The third kappa shape index (κ3) is 4.17. The summed E-state index contributed by atoms with van der Waals surface area (Å²) < 4.78 is 1.21. The van der Waals surface area contributed by atoms with Crippen LogP contribution in [0.4, 0.5) is 0 Å². The van der Waals surface area contributed by atoms with Crippen LogP contribution in [-0.2, 0) is 17.9 Å². The first-order valence-corrected chi connectivity index (χ1v) is 8.89. The zero-order chi connectivity index (χ0) is 18.7. The standard InChI is InChI=1S/C17H18Cl2N4O3/c18-13-2-1-3-14(19)12(13)10-21-6-8-22(9-7-21)16(24)11-23-15(17(25)26)4-5-20-23/h1-5H,6-11H2,(H,25,26). The fraction of sp³-hybridized carbons (Fsp3) is 0.353. The van der Waals surface area contributed by atoms with E-state index in [1.54, 1.807) is 4.90 Å². The van der Waals surface area contributed by atoms with Crippen LogP contribution in [0.3, 0.4) is 0 Å². The molecule has 1 aromatic heterocycles. The molecule has 138 valence electrons. The van der Waals surface area contributed by atoms with Crippen LogP contribution in [0, 0.1) is 0 Å². The first-order valence-electron chi connectivity index (χ1n) is 8.14. The molecule has 0 radical (unpaired) electrons. The number of halogens is 2. The van der Waals surface area contributed by atoms with Crippen molar-refractivity contribution in [2.45, 2.75) is 13.1 Å². The van der Waals surface area contributed by atoms with Gasteiger partial charge in [0.2, 0.25) is 5.91 Å². The number of hydrogen-bond acceptors (Lipinski definition) is 4. The predicted octanol–water partition coefficient (Wildman–Crippen LogP) is 2.23. The molecule has 1 aliphatic heterocycles. The minimum absolute atomic E-state index is 0.00495. The van der Waals surface area contributed by atoms with Gasteiger partial charge < -0.3 is 10.0 Å². The number of nitrogens with zero attached hydrogens (tertiary/aromatic N) is 4. The lowest BCUT2D eigenvalue weighted by molar-refractivity contribution is -0.133. The van der Waals surface area contributed by atoms with Crippen LogP contribution in [0.5, 0.6) is 0 Å². The molecule has 1 saturated heterocycles. The molecule has 0 spiro atoms. The van der Waals surface area contributed by atoms with Gasteiger partial charge in [-0.1, -0.05) is 29.3 Å². The van der Waals surface area contributed by atoms with E-state index in [2.05, 4.69) is 10.00 Å². The Hall–Kier alpha value is -2.09. The lowest BCUT2D eigenvalue weighted by Gasteiger charge is -2.35. The molecule has 0 atom stereocenters. The van der Waals surface area contributed by atoms with Crippen molar-refractivity contribution in [1.29, 1.82) is 0 Å². The van der Waals surface area contributed by atoms with Crippen molar-refractivity contribution in [3.05, 3.63) is 51.8 Å². The first kappa shape index (κ1) is 18.7. The van der Waals surface area contributed by atoms with Gasteiger partial charge in [-0.2, -0.15) is 5.10 Å². The van der Waals surface area contributed by atoms with E-state index in [1.165, 1.54) is 16.9 Å². The van der Waals surface area contributed by atoms with E-state index >= 15 is 0 Å². The molecule has 1 N–H and O–H groups in total. The van der Waals surface area contributed by atoms with Crippen LogP contribution < -0.4 is 0 Å². The number of carboxylic acids is 1. The van der Waals surface area contributed by atoms with Crippen molar-refractivity contribution in [3.63, 3.8) is 0 Å². The second kappa shape index (κ2) is 8.07. The Labute approximate surface area is 160 Å². The maximum Gasteiger partial charge on any atom is 0.354 e. The number of amides is 1. The highest BCUT2D eigenvalue weighted by Crippen LogP contribution is 2.26. The van der Waals surface area contributed by atoms with E-state index in [4.69, 9.17) is 28.3 Å². The maximum atomic E-state index is 12.4. The van der Waals surface area contributed by atoms with Gasteiger partial charge in [-0.25, -0.2) is 9.48 Å². The Morgan fingerprint density at radius 1 is 1.08 bits per heavy atom. The second-order valence-corrected chi connectivity index (χ2v) is 6.85. The normalized spacial score (nSPS) is 15.2. The minimum Gasteiger partial charge on any atom is -0.477 e. The van der Waals surface area contributed by atoms with E-state index < -0.39 is 5.97 Å². The number of carbonyl (C=O) groups is 2. The fourth-order valence-corrected chi connectivity index (χ4v) is 3.45. The first-order chi connectivity index (χ1) is 12.5. The summed E-state index contributed by atoms with van der Waals surface area (Å²) >= 11 is 12.4. The average molecular weight is 397 g/mol. The summed E-state index contributed by atoms with van der Waals surface area (Å²) in [5.41, 5.74) is 0.892. The number of hydrogen-bond donors (Lipinski definition) is 1. The molecule has 3 rings (SSSR count). The lowest BCUT2D eigenvalue weighted by Crippen LogP contribution is -2.49. The molecule has 1 fully saturated rings. The minimum atomic E-state index is -1.10. The van der Waals surface area contributed by atoms with Gasteiger partial charge in [0.05, 0.1) is 0 Å². The molecule has 9 heteroatoms. The fourth-order valence-electron chi connectivity index (χ4n) is 2.93. The molecule has 0 aliphatic carbocycles. The van der Waals surface area contributed by atoms with Crippen molar-refractivity contribution >= 4 is 35.1 Å². The van der Waals surface area contributed by atoms with Gasteiger partial charge in [0.15, 0.2) is 0 Å². The quantitative estimate of drug-likeness (QED) is 0.837. The summed E-state index contributed by atoms with van der Waals surface area (Å²) in [6.07, 6.45) is 1.38. The van der Waals surface area contributed by atoms with Crippen LogP contribution in [0.1, 0.15) is 16.1 Å². The number of carboxylic acid groups (broad SMARTS) is 1. The molecule has 0 unspecified atom stereocenters. The highest BCUT2D eigenvalue weighted by atomic mass is 35.5. The Morgan fingerprint density at radius 2 is 1.73 bits per heavy atom. The van der Waals surface area contributed by atoms with Crippen LogP contribution in [-0.4, -0.2) is 62.7 Å². The van der Waals surface area contributed by atoms with Crippen LogP contribution in [0.25, 0.3) is 0 Å². The largest absolute Gasteiger partial charge is 0.477 e. The van der Waals surface area contributed by atoms with Gasteiger partial charge in [-0.15, -0.1) is 0 Å². The van der Waals surface area contributed by atoms with Crippen molar-refractivity contribution in [2.24, 2.45) is 0 Å². The molecule has 1 amide bonds. The molecule has 1 aromatic carbocycles. The maximum absolute atomic E-state index is 12.4. The van der Waals surface area contributed by atoms with E-state index in [-0.39, 0.29) is 18.1 Å². The van der Waals surface area contributed by atoms with Crippen molar-refractivity contribution in [3.8, 4) is 0 Å². The van der Waals surface area contributed by atoms with E-state index in [9.17, 15) is 9.59 Å². The van der Waals surface area contributed by atoms with Crippen LogP contribution in [0.15, 0.2) is 30.5 Å². The molecule has 0 saturated carbocycles. The third-order valence-corrected chi connectivity index (χ3v) is 5.10. The Balaban J connectivity index is 1.56. The van der Waals surface area contributed by atoms with Crippen molar-refractivity contribution in [1.82, 2.24) is 19.6 Å². The van der Waals surface area contributed by atoms with E-state index in [1.807, 2.05) is 18.2 Å². The van der Waals surface area contributed by atoms with Gasteiger partial charge in [0, 0.05) is 54.5 Å². The van der Waals surface area contributed by atoms with E-state index in [0.29, 0.717) is 42.8 Å². The summed E-state index contributed by atoms with van der Waals surface area (Å²) in [6.45, 7) is 3.05. The summed E-state index contributed by atoms with van der Waals surface area (Å²) in [6, 6.07) is 6.81. The number of rotatable bonds is 5. The summed E-state index contributed by atoms with van der Waals surface area (Å²) in [4.78, 5) is 27.4. The average Bonchev–Trinajstić information content (AvgIpc) is 3.07. The Kier molecular flexibility index (Phi) is 5.80. The molecular weight excluding hydrogens is 379 g/mol. The SMILES string of the molecule is O=C(O)c1ccnn1CC(=O)N1CCN(Cc2c(Cl)cccc2Cl)CC1. The number of benzene rings is 1. The predicted molar refractivity (Wildman–Crippen MR) is 97.5 cm³/mol. The van der Waals surface area contributed by atoms with Crippen LogP contribution >= 0.6 is 23.2 Å². The van der Waals surface area contributed by atoms with Crippen molar-refractivity contribution < 1.29 is 14.7 Å². The van der Waals surface area contributed by atoms with Gasteiger partial charge in [0.25, 0.3) is 0 Å². The number of carbonyl (C=O) groups excluding carboxylic acids is 1. The Bertz CT molecular complexity index is 796. The summed E-state index contributed by atoms with van der Waals surface area (Å²) in [7, 11) is 0. The van der Waals surface area contributed by atoms with Gasteiger partial charge in [-0.05, 0) is 18.2 Å². The molecular formula is C17H18Cl2N4O3. The molecule has 1 aliphatic rings. The topological polar surface area (TPSA) is 78.7 Å². The van der Waals surface area contributed by atoms with Gasteiger partial charge in [0.1, 0.15) is 12.2 Å². The van der Waals surface area contributed by atoms with Gasteiger partial charge in [-0.3, -0.25) is 9.69 Å². The van der Waals surface area contributed by atoms with Gasteiger partial charge >= 0.3 is 5.97 Å². The smallest absolute Gasteiger partial charge is 0.354 e. The molecule has 26 heavy (non-hydrogen) atoms. The number of aromatic carboxylic acids is 1. The highest BCUT2D eigenvalue weighted by Gasteiger charge is 2.23. The highest BCUT2D eigenvalue weighted by molar-refractivity contribution is 6.35. The number of piperazine rings is 1. The lowest BCUT2D eigenvalue weighted by atomic mass is 10.2. The molecule has 0 bridgehead atoms. The summed E-state index contributed by atoms with van der Waals surface area (Å²) in [5, 5.41) is 14.3. The van der Waals surface area contributed by atoms with E-state index in [0.717, 1.165) is 5.56 Å². The van der Waals surface area contributed by atoms with Crippen molar-refractivity contribution in [2.75, 3.05) is 26.2 Å².